The predicted molar refractivity (Wildman–Crippen MR) is 55.0 cm³/mol. The Kier molecular flexibility index (Phi) is 2.87. The highest BCUT2D eigenvalue weighted by atomic mass is 14.0. The summed E-state index contributed by atoms with van der Waals surface area (Å²) in [7, 11) is 0. The first kappa shape index (κ1) is 8.79. The van der Waals surface area contributed by atoms with Crippen LogP contribution in [-0.2, 0) is 0 Å². The number of aryl methyl sites for hydroxylation is 1. The van der Waals surface area contributed by atoms with Crippen molar-refractivity contribution in [1.82, 2.24) is 0 Å². The van der Waals surface area contributed by atoms with Gasteiger partial charge >= 0.3 is 0 Å². The minimum Gasteiger partial charge on any atom is -0.103 e. The molecule has 0 bridgehead atoms. The van der Waals surface area contributed by atoms with Crippen LogP contribution in [0.3, 0.4) is 0 Å². The number of hydrogen-bond acceptors (Lipinski definition) is 0. The van der Waals surface area contributed by atoms with Gasteiger partial charge in [-0.1, -0.05) is 42.5 Å². The van der Waals surface area contributed by atoms with Crippen LogP contribution in [0.4, 0.5) is 0 Å². The van der Waals surface area contributed by atoms with E-state index in [1.54, 1.807) is 0 Å². The molecule has 1 rings (SSSR count). The molecule has 0 saturated heterocycles. The van der Waals surface area contributed by atoms with Gasteiger partial charge in [0, 0.05) is 0 Å². The van der Waals surface area contributed by atoms with E-state index < -0.39 is 0 Å². The summed E-state index contributed by atoms with van der Waals surface area (Å²) in [6.07, 6.45) is 2.74. The first-order valence-corrected chi connectivity index (χ1v) is 4.09. The van der Waals surface area contributed by atoms with Crippen LogP contribution >= 0.6 is 0 Å². The van der Waals surface area contributed by atoms with Crippen LogP contribution in [0, 0.1) is 6.92 Å². The second-order valence-electron chi connectivity index (χ2n) is 2.96. The Balaban J connectivity index is 2.82. The lowest BCUT2D eigenvalue weighted by Crippen LogP contribution is -1.80. The molecule has 0 saturated carbocycles. The Labute approximate surface area is 74.2 Å². The molecule has 0 aliphatic heterocycles. The van der Waals surface area contributed by atoms with Crippen molar-refractivity contribution in [2.75, 3.05) is 0 Å². The molecular formula is C12H14. The minimum absolute atomic E-state index is 0.864. The summed E-state index contributed by atoms with van der Waals surface area (Å²) in [5.74, 6) is 0. The lowest BCUT2D eigenvalue weighted by molar-refractivity contribution is 1.38. The van der Waals surface area contributed by atoms with Crippen molar-refractivity contribution in [3.63, 3.8) is 0 Å². The van der Waals surface area contributed by atoms with E-state index in [0.29, 0.717) is 0 Å². The summed E-state index contributed by atoms with van der Waals surface area (Å²) >= 11 is 0. The highest BCUT2D eigenvalue weighted by Gasteiger charge is 1.94. The molecule has 12 heavy (non-hydrogen) atoms. The van der Waals surface area contributed by atoms with Crippen LogP contribution in [0.15, 0.2) is 43.5 Å². The molecule has 1 aromatic carbocycles. The fraction of sp³-hybridized carbons (Fsp3) is 0.167. The van der Waals surface area contributed by atoms with Gasteiger partial charge in [0.1, 0.15) is 0 Å². The van der Waals surface area contributed by atoms with Crippen molar-refractivity contribution in [2.45, 2.75) is 13.3 Å². The molecule has 0 atom stereocenters. The topological polar surface area (TPSA) is 0 Å². The van der Waals surface area contributed by atoms with Gasteiger partial charge in [-0.05, 0) is 24.5 Å². The van der Waals surface area contributed by atoms with E-state index in [-0.39, 0.29) is 0 Å². The zero-order valence-electron chi connectivity index (χ0n) is 7.51. The maximum absolute atomic E-state index is 3.97. The van der Waals surface area contributed by atoms with Gasteiger partial charge in [-0.2, -0.15) is 0 Å². The van der Waals surface area contributed by atoms with Crippen LogP contribution in [0.1, 0.15) is 17.5 Å². The van der Waals surface area contributed by atoms with E-state index in [9.17, 15) is 0 Å². The SMILES string of the molecule is C=CCC(=C)c1ccc(C)cc1. The first-order valence-electron chi connectivity index (χ1n) is 4.09. The first-order chi connectivity index (χ1) is 5.74. The summed E-state index contributed by atoms with van der Waals surface area (Å²) in [4.78, 5) is 0. The Hall–Kier alpha value is -1.30. The highest BCUT2D eigenvalue weighted by Crippen LogP contribution is 2.16. The lowest BCUT2D eigenvalue weighted by Gasteiger charge is -2.02. The third-order valence-electron chi connectivity index (χ3n) is 1.85. The molecule has 62 valence electrons. The van der Waals surface area contributed by atoms with E-state index in [0.717, 1.165) is 12.0 Å². The quantitative estimate of drug-likeness (QED) is 0.590. The molecule has 0 aliphatic rings. The van der Waals surface area contributed by atoms with Crippen molar-refractivity contribution in [1.29, 1.82) is 0 Å². The Morgan fingerprint density at radius 3 is 2.42 bits per heavy atom. The van der Waals surface area contributed by atoms with Crippen LogP contribution in [0.25, 0.3) is 5.57 Å². The summed E-state index contributed by atoms with van der Waals surface area (Å²) < 4.78 is 0. The largest absolute Gasteiger partial charge is 0.103 e. The molecule has 0 radical (unpaired) electrons. The van der Waals surface area contributed by atoms with Crippen molar-refractivity contribution in [3.05, 3.63) is 54.6 Å². The van der Waals surface area contributed by atoms with Gasteiger partial charge in [0.25, 0.3) is 0 Å². The molecule has 0 heterocycles. The third-order valence-corrected chi connectivity index (χ3v) is 1.85. The summed E-state index contributed by atoms with van der Waals surface area (Å²) in [6, 6.07) is 8.40. The Morgan fingerprint density at radius 2 is 1.92 bits per heavy atom. The van der Waals surface area contributed by atoms with Crippen LogP contribution in [0.2, 0.25) is 0 Å². The van der Waals surface area contributed by atoms with Crippen molar-refractivity contribution in [3.8, 4) is 0 Å². The van der Waals surface area contributed by atoms with Crippen molar-refractivity contribution >= 4 is 5.57 Å². The van der Waals surface area contributed by atoms with E-state index in [4.69, 9.17) is 0 Å². The molecular weight excluding hydrogens is 144 g/mol. The second kappa shape index (κ2) is 3.91. The molecule has 0 N–H and O–H groups in total. The number of rotatable bonds is 3. The monoisotopic (exact) mass is 158 g/mol. The van der Waals surface area contributed by atoms with Gasteiger partial charge in [0.2, 0.25) is 0 Å². The molecule has 1 aromatic rings. The molecule has 0 spiro atoms. The average Bonchev–Trinajstić information content (AvgIpc) is 2.06. The van der Waals surface area contributed by atoms with E-state index >= 15 is 0 Å². The Morgan fingerprint density at radius 1 is 1.33 bits per heavy atom. The molecule has 0 fully saturated rings. The number of allylic oxidation sites excluding steroid dienone is 2. The summed E-state index contributed by atoms with van der Waals surface area (Å²) in [6.45, 7) is 9.74. The highest BCUT2D eigenvalue weighted by molar-refractivity contribution is 5.64. The van der Waals surface area contributed by atoms with Crippen molar-refractivity contribution < 1.29 is 0 Å². The smallest absolute Gasteiger partial charge is 0.0100 e. The zero-order chi connectivity index (χ0) is 8.97. The second-order valence-corrected chi connectivity index (χ2v) is 2.96. The fourth-order valence-electron chi connectivity index (χ4n) is 1.08. The maximum atomic E-state index is 3.97. The summed E-state index contributed by atoms with van der Waals surface area (Å²) in [5.41, 5.74) is 3.62. The average molecular weight is 158 g/mol. The Bertz CT molecular complexity index is 277. The maximum Gasteiger partial charge on any atom is -0.0100 e. The van der Waals surface area contributed by atoms with Crippen LogP contribution < -0.4 is 0 Å². The minimum atomic E-state index is 0.864. The van der Waals surface area contributed by atoms with Crippen LogP contribution in [0.5, 0.6) is 0 Å². The van der Waals surface area contributed by atoms with Gasteiger partial charge in [-0.15, -0.1) is 6.58 Å². The van der Waals surface area contributed by atoms with Gasteiger partial charge in [-0.25, -0.2) is 0 Å². The third kappa shape index (κ3) is 2.09. The van der Waals surface area contributed by atoms with Gasteiger partial charge in [-0.3, -0.25) is 0 Å². The van der Waals surface area contributed by atoms with Gasteiger partial charge < -0.3 is 0 Å². The van der Waals surface area contributed by atoms with Gasteiger partial charge in [0.05, 0.1) is 0 Å². The van der Waals surface area contributed by atoms with E-state index in [2.05, 4.69) is 44.3 Å². The molecule has 0 heteroatoms. The van der Waals surface area contributed by atoms with E-state index in [1.807, 2.05) is 6.08 Å². The fourth-order valence-corrected chi connectivity index (χ4v) is 1.08. The molecule has 0 nitrogen and oxygen atoms in total. The number of hydrogen-bond donors (Lipinski definition) is 0. The normalized spacial score (nSPS) is 9.42. The zero-order valence-corrected chi connectivity index (χ0v) is 7.51. The van der Waals surface area contributed by atoms with Crippen molar-refractivity contribution in [2.24, 2.45) is 0 Å². The van der Waals surface area contributed by atoms with E-state index in [1.165, 1.54) is 11.1 Å². The summed E-state index contributed by atoms with van der Waals surface area (Å²) in [5, 5.41) is 0. The standard InChI is InChI=1S/C12H14/c1-4-5-11(3)12-8-6-10(2)7-9-12/h4,6-9H,1,3,5H2,2H3. The molecule has 0 amide bonds. The molecule has 0 unspecified atom stereocenters. The predicted octanol–water partition coefficient (Wildman–Crippen LogP) is 3.58. The molecule has 0 aromatic heterocycles. The van der Waals surface area contributed by atoms with Gasteiger partial charge in [0.15, 0.2) is 0 Å². The lowest BCUT2D eigenvalue weighted by atomic mass is 10.0. The molecule has 0 aliphatic carbocycles. The number of benzene rings is 1. The van der Waals surface area contributed by atoms with Crippen LogP contribution in [-0.4, -0.2) is 0 Å².